The van der Waals surface area contributed by atoms with Crippen molar-refractivity contribution in [2.24, 2.45) is 0 Å². The van der Waals surface area contributed by atoms with E-state index in [2.05, 4.69) is 5.32 Å². The van der Waals surface area contributed by atoms with E-state index in [-0.39, 0.29) is 6.04 Å². The maximum absolute atomic E-state index is 12.5. The molecule has 0 saturated heterocycles. The Morgan fingerprint density at radius 3 is 2.65 bits per heavy atom. The fraction of sp³-hybridized carbons (Fsp3) is 0.500. The van der Waals surface area contributed by atoms with Gasteiger partial charge in [-0.1, -0.05) is 6.07 Å². The van der Waals surface area contributed by atoms with Gasteiger partial charge >= 0.3 is 6.18 Å². The largest absolute Gasteiger partial charge is 0.491 e. The average Bonchev–Trinajstić information content (AvgIpc) is 2.98. The van der Waals surface area contributed by atoms with Crippen LogP contribution in [-0.2, 0) is 6.18 Å². The van der Waals surface area contributed by atoms with Crippen molar-refractivity contribution in [1.29, 1.82) is 0 Å². The van der Waals surface area contributed by atoms with Gasteiger partial charge in [0.05, 0.1) is 11.6 Å². The number of alkyl halides is 3. The number of benzene rings is 1. The van der Waals surface area contributed by atoms with Crippen molar-refractivity contribution in [3.8, 4) is 5.75 Å². The van der Waals surface area contributed by atoms with Crippen LogP contribution in [0, 0.1) is 0 Å². The first-order valence-electron chi connectivity index (χ1n) is 5.64. The summed E-state index contributed by atoms with van der Waals surface area (Å²) in [7, 11) is 0. The van der Waals surface area contributed by atoms with Crippen molar-refractivity contribution in [2.45, 2.75) is 31.1 Å². The molecule has 17 heavy (non-hydrogen) atoms. The molecule has 1 atom stereocenters. The lowest BCUT2D eigenvalue weighted by atomic mass is 10.1. The van der Waals surface area contributed by atoms with Crippen molar-refractivity contribution < 1.29 is 17.9 Å². The molecule has 3 rings (SSSR count). The second kappa shape index (κ2) is 3.63. The van der Waals surface area contributed by atoms with E-state index >= 15 is 0 Å². The van der Waals surface area contributed by atoms with E-state index in [9.17, 15) is 13.2 Å². The van der Waals surface area contributed by atoms with Gasteiger partial charge in [-0.25, -0.2) is 0 Å². The number of fused-ring (bicyclic) bond motifs is 1. The van der Waals surface area contributed by atoms with Crippen LogP contribution in [0.25, 0.3) is 0 Å². The Kier molecular flexibility index (Phi) is 2.33. The zero-order valence-electron chi connectivity index (χ0n) is 9.05. The molecule has 1 saturated carbocycles. The molecular formula is C12H12F3NO. The van der Waals surface area contributed by atoms with Crippen molar-refractivity contribution in [1.82, 2.24) is 5.32 Å². The van der Waals surface area contributed by atoms with Gasteiger partial charge in [0.2, 0.25) is 0 Å². The summed E-state index contributed by atoms with van der Waals surface area (Å²) in [6, 6.07) is 4.28. The molecule has 0 radical (unpaired) electrons. The fourth-order valence-electron chi connectivity index (χ4n) is 2.06. The van der Waals surface area contributed by atoms with Crippen LogP contribution in [0.2, 0.25) is 0 Å². The molecule has 0 spiro atoms. The minimum Gasteiger partial charge on any atom is -0.491 e. The third-order valence-corrected chi connectivity index (χ3v) is 3.14. The van der Waals surface area contributed by atoms with E-state index in [0.717, 1.165) is 30.5 Å². The molecule has 0 bridgehead atoms. The van der Waals surface area contributed by atoms with E-state index < -0.39 is 11.7 Å². The van der Waals surface area contributed by atoms with Crippen LogP contribution in [0.1, 0.15) is 30.0 Å². The van der Waals surface area contributed by atoms with Gasteiger partial charge < -0.3 is 10.1 Å². The zero-order chi connectivity index (χ0) is 12.0. The Balaban J connectivity index is 1.85. The lowest BCUT2D eigenvalue weighted by Gasteiger charge is -2.11. The van der Waals surface area contributed by atoms with E-state index in [1.165, 1.54) is 6.07 Å². The summed E-state index contributed by atoms with van der Waals surface area (Å²) in [4.78, 5) is 0. The second-order valence-corrected chi connectivity index (χ2v) is 4.55. The van der Waals surface area contributed by atoms with E-state index in [1.807, 2.05) is 0 Å². The molecular weight excluding hydrogens is 231 g/mol. The third kappa shape index (κ3) is 2.11. The summed E-state index contributed by atoms with van der Waals surface area (Å²) in [5.41, 5.74) is 0.188. The van der Waals surface area contributed by atoms with Crippen LogP contribution in [-0.4, -0.2) is 12.6 Å². The Morgan fingerprint density at radius 2 is 2.00 bits per heavy atom. The number of hydrogen-bond acceptors (Lipinski definition) is 2. The van der Waals surface area contributed by atoms with Crippen molar-refractivity contribution in [2.75, 3.05) is 6.61 Å². The molecule has 1 aromatic carbocycles. The molecule has 2 nitrogen and oxygen atoms in total. The maximum atomic E-state index is 12.5. The minimum atomic E-state index is -4.31. The molecule has 0 aromatic heterocycles. The van der Waals surface area contributed by atoms with E-state index in [0.29, 0.717) is 18.4 Å². The summed E-state index contributed by atoms with van der Waals surface area (Å²) in [5, 5.41) is 3.36. The normalized spacial score (nSPS) is 23.4. The van der Waals surface area contributed by atoms with Gasteiger partial charge in [-0.05, 0) is 25.0 Å². The quantitative estimate of drug-likeness (QED) is 0.862. The minimum absolute atomic E-state index is 0.0415. The maximum Gasteiger partial charge on any atom is 0.416 e. The Hall–Kier alpha value is -1.23. The third-order valence-electron chi connectivity index (χ3n) is 3.14. The highest BCUT2D eigenvalue weighted by atomic mass is 19.4. The predicted octanol–water partition coefficient (Wildman–Crippen LogP) is 2.89. The Morgan fingerprint density at radius 1 is 1.24 bits per heavy atom. The number of rotatable bonds is 2. The van der Waals surface area contributed by atoms with Crippen LogP contribution in [0.4, 0.5) is 13.2 Å². The number of hydrogen-bond donors (Lipinski definition) is 1. The zero-order valence-corrected chi connectivity index (χ0v) is 9.05. The standard InChI is InChI=1S/C12H12F3NO/c13-12(14,15)7-1-4-9-10(16-8-2-3-8)6-17-11(9)5-7/h1,4-5,8,10,16H,2-3,6H2. The fourth-order valence-corrected chi connectivity index (χ4v) is 2.06. The lowest BCUT2D eigenvalue weighted by molar-refractivity contribution is -0.137. The summed E-state index contributed by atoms with van der Waals surface area (Å²) >= 11 is 0. The van der Waals surface area contributed by atoms with Crippen LogP contribution in [0.3, 0.4) is 0 Å². The molecule has 1 aromatic rings. The first kappa shape index (κ1) is 10.9. The van der Waals surface area contributed by atoms with Crippen molar-refractivity contribution in [3.63, 3.8) is 0 Å². The van der Waals surface area contributed by atoms with Crippen molar-refractivity contribution in [3.05, 3.63) is 29.3 Å². The first-order chi connectivity index (χ1) is 8.04. The van der Waals surface area contributed by atoms with Crippen molar-refractivity contribution >= 4 is 0 Å². The number of nitrogens with one attached hydrogen (secondary N) is 1. The van der Waals surface area contributed by atoms with Crippen LogP contribution in [0.5, 0.6) is 5.75 Å². The van der Waals surface area contributed by atoms with Gasteiger partial charge in [0, 0.05) is 11.6 Å². The van der Waals surface area contributed by atoms with Crippen LogP contribution >= 0.6 is 0 Å². The number of ether oxygens (including phenoxy) is 1. The molecule has 2 aliphatic rings. The molecule has 1 N–H and O–H groups in total. The Labute approximate surface area is 96.8 Å². The molecule has 92 valence electrons. The summed E-state index contributed by atoms with van der Waals surface area (Å²) in [5.74, 6) is 0.359. The van der Waals surface area contributed by atoms with Gasteiger partial charge in [-0.3, -0.25) is 0 Å². The molecule has 5 heteroatoms. The molecule has 1 heterocycles. The van der Waals surface area contributed by atoms with Gasteiger partial charge in [0.15, 0.2) is 0 Å². The summed E-state index contributed by atoms with van der Waals surface area (Å²) < 4.78 is 42.8. The lowest BCUT2D eigenvalue weighted by Crippen LogP contribution is -2.24. The van der Waals surface area contributed by atoms with Crippen LogP contribution in [0.15, 0.2) is 18.2 Å². The molecule has 1 fully saturated rings. The molecule has 1 unspecified atom stereocenters. The SMILES string of the molecule is FC(F)(F)c1ccc2c(c1)OCC2NC1CC1. The first-order valence-corrected chi connectivity index (χ1v) is 5.64. The van der Waals surface area contributed by atoms with E-state index in [4.69, 9.17) is 4.74 Å². The summed E-state index contributed by atoms with van der Waals surface area (Å²) in [6.07, 6.45) is -2.01. The van der Waals surface area contributed by atoms with E-state index in [1.54, 1.807) is 0 Å². The van der Waals surface area contributed by atoms with Crippen LogP contribution < -0.4 is 10.1 Å². The highest BCUT2D eigenvalue weighted by molar-refractivity contribution is 5.43. The van der Waals surface area contributed by atoms with Gasteiger partial charge in [-0.2, -0.15) is 13.2 Å². The number of halogens is 3. The second-order valence-electron chi connectivity index (χ2n) is 4.55. The predicted molar refractivity (Wildman–Crippen MR) is 55.8 cm³/mol. The van der Waals surface area contributed by atoms with Gasteiger partial charge in [0.1, 0.15) is 12.4 Å². The average molecular weight is 243 g/mol. The molecule has 1 aliphatic carbocycles. The summed E-state index contributed by atoms with van der Waals surface area (Å²) in [6.45, 7) is 0.424. The monoisotopic (exact) mass is 243 g/mol. The Bertz CT molecular complexity index is 440. The van der Waals surface area contributed by atoms with Gasteiger partial charge in [-0.15, -0.1) is 0 Å². The molecule has 1 aliphatic heterocycles. The van der Waals surface area contributed by atoms with Gasteiger partial charge in [0.25, 0.3) is 0 Å². The topological polar surface area (TPSA) is 21.3 Å². The highest BCUT2D eigenvalue weighted by Crippen LogP contribution is 2.39. The molecule has 0 amide bonds. The highest BCUT2D eigenvalue weighted by Gasteiger charge is 2.35. The smallest absolute Gasteiger partial charge is 0.416 e.